The zero-order valence-electron chi connectivity index (χ0n) is 13.4. The van der Waals surface area contributed by atoms with Crippen LogP contribution in [0.25, 0.3) is 6.08 Å². The van der Waals surface area contributed by atoms with Gasteiger partial charge in [-0.2, -0.15) is 5.26 Å². The maximum absolute atomic E-state index is 12.4. The fourth-order valence-electron chi connectivity index (χ4n) is 2.13. The van der Waals surface area contributed by atoms with E-state index in [-0.39, 0.29) is 5.57 Å². The van der Waals surface area contributed by atoms with Crippen molar-refractivity contribution in [3.8, 4) is 11.8 Å². The van der Waals surface area contributed by atoms with Crippen molar-refractivity contribution in [2.75, 3.05) is 12.4 Å². The van der Waals surface area contributed by atoms with E-state index in [0.717, 1.165) is 5.56 Å². The van der Waals surface area contributed by atoms with Crippen molar-refractivity contribution in [1.29, 1.82) is 5.26 Å². The molecule has 0 aliphatic carbocycles. The smallest absolute Gasteiger partial charge is 0.266 e. The Balaban J connectivity index is 2.31. The third-order valence-electron chi connectivity index (χ3n) is 3.34. The van der Waals surface area contributed by atoms with Crippen molar-refractivity contribution in [3.63, 3.8) is 0 Å². The highest BCUT2D eigenvalue weighted by molar-refractivity contribution is 9.11. The van der Waals surface area contributed by atoms with Gasteiger partial charge in [0.1, 0.15) is 17.4 Å². The van der Waals surface area contributed by atoms with Gasteiger partial charge >= 0.3 is 0 Å². The Hall–Kier alpha value is -1.81. The number of carbonyl (C=O) groups is 1. The molecule has 0 saturated carbocycles. The van der Waals surface area contributed by atoms with E-state index in [4.69, 9.17) is 16.3 Å². The Morgan fingerprint density at radius 1 is 1.28 bits per heavy atom. The normalized spacial score (nSPS) is 11.0. The summed E-state index contributed by atoms with van der Waals surface area (Å²) in [4.78, 5) is 12.4. The minimum atomic E-state index is -0.490. The Labute approximate surface area is 167 Å². The molecule has 0 saturated heterocycles. The third-order valence-corrected chi connectivity index (χ3v) is 4.75. The molecule has 1 N–H and O–H groups in total. The Kier molecular flexibility index (Phi) is 6.65. The first-order valence-corrected chi connectivity index (χ1v) is 9.04. The monoisotopic (exact) mass is 482 g/mol. The molecule has 0 spiro atoms. The molecule has 7 heteroatoms. The van der Waals surface area contributed by atoms with Crippen LogP contribution >= 0.6 is 43.5 Å². The lowest BCUT2D eigenvalue weighted by Crippen LogP contribution is -2.14. The molecule has 0 bridgehead atoms. The van der Waals surface area contributed by atoms with Crippen LogP contribution < -0.4 is 10.1 Å². The highest BCUT2D eigenvalue weighted by atomic mass is 79.9. The van der Waals surface area contributed by atoms with E-state index in [1.54, 1.807) is 37.4 Å². The summed E-state index contributed by atoms with van der Waals surface area (Å²) in [7, 11) is 1.56. The van der Waals surface area contributed by atoms with Crippen molar-refractivity contribution in [2.24, 2.45) is 0 Å². The Bertz CT molecular complexity index is 881. The number of halogens is 3. The molecule has 128 valence electrons. The average molecular weight is 485 g/mol. The van der Waals surface area contributed by atoms with Crippen LogP contribution in [0, 0.1) is 18.3 Å². The zero-order valence-corrected chi connectivity index (χ0v) is 17.3. The second-order valence-corrected chi connectivity index (χ2v) is 7.25. The molecule has 0 atom stereocenters. The molecule has 25 heavy (non-hydrogen) atoms. The van der Waals surface area contributed by atoms with Crippen molar-refractivity contribution >= 4 is 61.1 Å². The number of amides is 1. The SMILES string of the molecule is COc1c(Br)cc(/C=C(\C#N)C(=O)Nc2ccc(Cl)cc2C)cc1Br. The molecule has 0 fully saturated rings. The van der Waals surface area contributed by atoms with Gasteiger partial charge in [0.2, 0.25) is 0 Å². The Morgan fingerprint density at radius 2 is 1.92 bits per heavy atom. The molecule has 4 nitrogen and oxygen atoms in total. The summed E-state index contributed by atoms with van der Waals surface area (Å²) in [6.07, 6.45) is 1.51. The predicted octanol–water partition coefficient (Wildman–Crippen LogP) is 5.73. The lowest BCUT2D eigenvalue weighted by molar-refractivity contribution is -0.112. The maximum Gasteiger partial charge on any atom is 0.266 e. The van der Waals surface area contributed by atoms with Gasteiger partial charge in [0.25, 0.3) is 5.91 Å². The van der Waals surface area contributed by atoms with Gasteiger partial charge in [0.15, 0.2) is 0 Å². The molecule has 2 rings (SSSR count). The van der Waals surface area contributed by atoms with Crippen molar-refractivity contribution in [3.05, 3.63) is 61.0 Å². The molecule has 1 amide bonds. The average Bonchev–Trinajstić information content (AvgIpc) is 2.55. The number of hydrogen-bond donors (Lipinski definition) is 1. The second kappa shape index (κ2) is 8.52. The first-order chi connectivity index (χ1) is 11.8. The standard InChI is InChI=1S/C18H13Br2ClN2O2/c1-10-5-13(21)3-4-16(10)23-18(24)12(9-22)6-11-7-14(19)17(25-2)15(20)8-11/h3-8H,1-2H3,(H,23,24)/b12-6+. The summed E-state index contributed by atoms with van der Waals surface area (Å²) in [6, 6.07) is 10.6. The molecule has 2 aromatic rings. The van der Waals surface area contributed by atoms with Gasteiger partial charge in [-0.05, 0) is 86.3 Å². The first kappa shape index (κ1) is 19.5. The van der Waals surface area contributed by atoms with Crippen molar-refractivity contribution in [2.45, 2.75) is 6.92 Å². The van der Waals surface area contributed by atoms with E-state index >= 15 is 0 Å². The maximum atomic E-state index is 12.4. The molecule has 0 unspecified atom stereocenters. The van der Waals surface area contributed by atoms with Gasteiger partial charge in [-0.3, -0.25) is 4.79 Å². The van der Waals surface area contributed by atoms with Gasteiger partial charge in [0.05, 0.1) is 16.1 Å². The van der Waals surface area contributed by atoms with E-state index in [0.29, 0.717) is 31.0 Å². The number of carbonyl (C=O) groups excluding carboxylic acids is 1. The van der Waals surface area contributed by atoms with Crippen molar-refractivity contribution in [1.82, 2.24) is 0 Å². The van der Waals surface area contributed by atoms with Crippen LogP contribution in [0.2, 0.25) is 5.02 Å². The summed E-state index contributed by atoms with van der Waals surface area (Å²) < 4.78 is 6.66. The lowest BCUT2D eigenvalue weighted by atomic mass is 10.1. The van der Waals surface area contributed by atoms with Crippen LogP contribution in [0.1, 0.15) is 11.1 Å². The number of nitriles is 1. The summed E-state index contributed by atoms with van der Waals surface area (Å²) in [5, 5.41) is 12.6. The van der Waals surface area contributed by atoms with Gasteiger partial charge in [0, 0.05) is 10.7 Å². The number of nitrogens with one attached hydrogen (secondary N) is 1. The molecule has 0 aromatic heterocycles. The predicted molar refractivity (Wildman–Crippen MR) is 107 cm³/mol. The number of aryl methyl sites for hydroxylation is 1. The minimum absolute atomic E-state index is 0.0154. The molecular formula is C18H13Br2ClN2O2. The van der Waals surface area contributed by atoms with E-state index < -0.39 is 5.91 Å². The summed E-state index contributed by atoms with van der Waals surface area (Å²) in [5.41, 5.74) is 2.08. The van der Waals surface area contributed by atoms with E-state index in [2.05, 4.69) is 37.2 Å². The topological polar surface area (TPSA) is 62.1 Å². The minimum Gasteiger partial charge on any atom is -0.494 e. The number of hydrogen-bond acceptors (Lipinski definition) is 3. The Morgan fingerprint density at radius 3 is 2.44 bits per heavy atom. The van der Waals surface area contributed by atoms with Gasteiger partial charge < -0.3 is 10.1 Å². The highest BCUT2D eigenvalue weighted by Gasteiger charge is 2.13. The largest absolute Gasteiger partial charge is 0.494 e. The van der Waals surface area contributed by atoms with Crippen LogP contribution in [0.5, 0.6) is 5.75 Å². The fourth-order valence-corrected chi connectivity index (χ4v) is 3.90. The summed E-state index contributed by atoms with van der Waals surface area (Å²) in [6.45, 7) is 1.83. The quantitative estimate of drug-likeness (QED) is 0.446. The van der Waals surface area contributed by atoms with Crippen LogP contribution in [-0.2, 0) is 4.79 Å². The first-order valence-electron chi connectivity index (χ1n) is 7.08. The van der Waals surface area contributed by atoms with Gasteiger partial charge in [-0.15, -0.1) is 0 Å². The van der Waals surface area contributed by atoms with E-state index in [9.17, 15) is 10.1 Å². The number of anilines is 1. The van der Waals surface area contributed by atoms with Crippen LogP contribution in [0.3, 0.4) is 0 Å². The van der Waals surface area contributed by atoms with E-state index in [1.807, 2.05) is 13.0 Å². The molecule has 0 radical (unpaired) electrons. The third kappa shape index (κ3) is 4.85. The number of benzene rings is 2. The zero-order chi connectivity index (χ0) is 18.6. The van der Waals surface area contributed by atoms with Gasteiger partial charge in [-0.25, -0.2) is 0 Å². The van der Waals surface area contributed by atoms with Crippen LogP contribution in [-0.4, -0.2) is 13.0 Å². The number of methoxy groups -OCH3 is 1. The van der Waals surface area contributed by atoms with Crippen LogP contribution in [0.15, 0.2) is 44.9 Å². The number of nitrogens with zero attached hydrogens (tertiary/aromatic N) is 1. The van der Waals surface area contributed by atoms with Gasteiger partial charge in [-0.1, -0.05) is 11.6 Å². The highest BCUT2D eigenvalue weighted by Crippen LogP contribution is 2.35. The molecule has 0 heterocycles. The second-order valence-electron chi connectivity index (χ2n) is 5.10. The fraction of sp³-hybridized carbons (Fsp3) is 0.111. The molecular weight excluding hydrogens is 471 g/mol. The van der Waals surface area contributed by atoms with E-state index in [1.165, 1.54) is 6.08 Å². The summed E-state index contributed by atoms with van der Waals surface area (Å²) >= 11 is 12.7. The molecule has 0 aliphatic rings. The summed E-state index contributed by atoms with van der Waals surface area (Å²) in [5.74, 6) is 0.146. The van der Waals surface area contributed by atoms with Crippen LogP contribution in [0.4, 0.5) is 5.69 Å². The lowest BCUT2D eigenvalue weighted by Gasteiger charge is -2.09. The number of rotatable bonds is 4. The number of ether oxygens (including phenoxy) is 1. The van der Waals surface area contributed by atoms with Crippen molar-refractivity contribution < 1.29 is 9.53 Å². The molecule has 2 aromatic carbocycles. The molecule has 0 aliphatic heterocycles.